The first kappa shape index (κ1) is 10.5. The maximum atomic E-state index is 5.43. The molecule has 0 aliphatic heterocycles. The lowest BCUT2D eigenvalue weighted by atomic mass is 10.3. The van der Waals surface area contributed by atoms with Crippen molar-refractivity contribution >= 4 is 12.6 Å². The minimum absolute atomic E-state index is 0.618. The predicted molar refractivity (Wildman–Crippen MR) is 57.0 cm³/mol. The van der Waals surface area contributed by atoms with Crippen molar-refractivity contribution in [3.05, 3.63) is 30.1 Å². The number of hydrogen-bond donors (Lipinski definition) is 1. The Kier molecular flexibility index (Phi) is 5.61. The normalized spacial score (nSPS) is 10.2. The minimum Gasteiger partial charge on any atom is -0.375 e. The van der Waals surface area contributed by atoms with E-state index in [1.165, 1.54) is 0 Å². The molecule has 0 atom stereocenters. The molecule has 3 heteroatoms. The van der Waals surface area contributed by atoms with Crippen LogP contribution >= 0.6 is 12.6 Å². The molecule has 13 heavy (non-hydrogen) atoms. The highest BCUT2D eigenvalue weighted by Crippen LogP contribution is 1.98. The molecule has 0 amide bonds. The third-order valence-corrected chi connectivity index (χ3v) is 1.99. The van der Waals surface area contributed by atoms with E-state index in [0.29, 0.717) is 6.61 Å². The van der Waals surface area contributed by atoms with E-state index >= 15 is 0 Å². The van der Waals surface area contributed by atoms with Crippen molar-refractivity contribution in [2.45, 2.75) is 19.4 Å². The topological polar surface area (TPSA) is 22.1 Å². The third kappa shape index (κ3) is 4.90. The molecule has 1 aromatic rings. The summed E-state index contributed by atoms with van der Waals surface area (Å²) in [6.45, 7) is 1.42. The Morgan fingerprint density at radius 3 is 2.92 bits per heavy atom. The van der Waals surface area contributed by atoms with Crippen LogP contribution in [0.3, 0.4) is 0 Å². The standard InChI is InChI=1S/C10H15NOS/c13-8-4-3-7-12-9-10-5-1-2-6-11-10/h1-2,5-6,13H,3-4,7-9H2. The van der Waals surface area contributed by atoms with Crippen LogP contribution in [0.15, 0.2) is 24.4 Å². The molecule has 1 aromatic heterocycles. The lowest BCUT2D eigenvalue weighted by Gasteiger charge is -2.02. The Morgan fingerprint density at radius 1 is 1.31 bits per heavy atom. The van der Waals surface area contributed by atoms with Gasteiger partial charge in [-0.2, -0.15) is 12.6 Å². The van der Waals surface area contributed by atoms with Gasteiger partial charge in [-0.3, -0.25) is 4.98 Å². The molecule has 0 saturated heterocycles. The van der Waals surface area contributed by atoms with Crippen LogP contribution in [0.2, 0.25) is 0 Å². The Bertz CT molecular complexity index is 215. The summed E-state index contributed by atoms with van der Waals surface area (Å²) in [5.41, 5.74) is 0.994. The summed E-state index contributed by atoms with van der Waals surface area (Å²) in [5, 5.41) is 0. The lowest BCUT2D eigenvalue weighted by Crippen LogP contribution is -1.97. The molecule has 0 spiro atoms. The molecule has 0 unspecified atom stereocenters. The molecule has 0 aliphatic carbocycles. The molecular weight excluding hydrogens is 182 g/mol. The number of aromatic nitrogens is 1. The van der Waals surface area contributed by atoms with Crippen molar-refractivity contribution in [2.24, 2.45) is 0 Å². The van der Waals surface area contributed by atoms with E-state index in [0.717, 1.165) is 30.9 Å². The van der Waals surface area contributed by atoms with Crippen LogP contribution in [0.25, 0.3) is 0 Å². The second kappa shape index (κ2) is 6.92. The maximum Gasteiger partial charge on any atom is 0.0887 e. The van der Waals surface area contributed by atoms with E-state index in [1.807, 2.05) is 18.2 Å². The first-order valence-electron chi connectivity index (χ1n) is 4.52. The zero-order valence-electron chi connectivity index (χ0n) is 7.65. The zero-order valence-corrected chi connectivity index (χ0v) is 8.54. The van der Waals surface area contributed by atoms with Crippen LogP contribution in [0.1, 0.15) is 18.5 Å². The van der Waals surface area contributed by atoms with E-state index < -0.39 is 0 Å². The van der Waals surface area contributed by atoms with E-state index in [2.05, 4.69) is 17.6 Å². The monoisotopic (exact) mass is 197 g/mol. The Morgan fingerprint density at radius 2 is 2.23 bits per heavy atom. The van der Waals surface area contributed by atoms with Crippen LogP contribution in [0.4, 0.5) is 0 Å². The molecule has 0 bridgehead atoms. The molecule has 0 aromatic carbocycles. The van der Waals surface area contributed by atoms with Gasteiger partial charge in [0.2, 0.25) is 0 Å². The van der Waals surface area contributed by atoms with Crippen LogP contribution in [0, 0.1) is 0 Å². The van der Waals surface area contributed by atoms with Crippen molar-refractivity contribution in [3.63, 3.8) is 0 Å². The number of thiol groups is 1. The predicted octanol–water partition coefficient (Wildman–Crippen LogP) is 2.31. The fourth-order valence-corrected chi connectivity index (χ4v) is 1.20. The zero-order chi connectivity index (χ0) is 9.36. The van der Waals surface area contributed by atoms with Gasteiger partial charge in [-0.1, -0.05) is 6.07 Å². The van der Waals surface area contributed by atoms with Gasteiger partial charge in [0.25, 0.3) is 0 Å². The van der Waals surface area contributed by atoms with E-state index in [-0.39, 0.29) is 0 Å². The van der Waals surface area contributed by atoms with Crippen LogP contribution < -0.4 is 0 Å². The molecule has 0 fully saturated rings. The SMILES string of the molecule is SCCCCOCc1ccccn1. The van der Waals surface area contributed by atoms with Crippen LogP contribution in [-0.2, 0) is 11.3 Å². The summed E-state index contributed by atoms with van der Waals surface area (Å²) in [7, 11) is 0. The Hall–Kier alpha value is -0.540. The number of unbranched alkanes of at least 4 members (excludes halogenated alkanes) is 1. The maximum absolute atomic E-state index is 5.43. The molecule has 2 nitrogen and oxygen atoms in total. The van der Waals surface area contributed by atoms with Crippen LogP contribution in [-0.4, -0.2) is 17.3 Å². The second-order valence-corrected chi connectivity index (χ2v) is 3.25. The summed E-state index contributed by atoms with van der Waals surface area (Å²) in [6, 6.07) is 5.85. The smallest absolute Gasteiger partial charge is 0.0887 e. The van der Waals surface area contributed by atoms with Crippen molar-refractivity contribution < 1.29 is 4.74 Å². The molecular formula is C10H15NOS. The summed E-state index contributed by atoms with van der Waals surface area (Å²) < 4.78 is 5.43. The van der Waals surface area contributed by atoms with E-state index in [1.54, 1.807) is 6.20 Å². The molecule has 0 saturated carbocycles. The van der Waals surface area contributed by atoms with Crippen molar-refractivity contribution in [1.29, 1.82) is 0 Å². The van der Waals surface area contributed by atoms with Crippen molar-refractivity contribution in [2.75, 3.05) is 12.4 Å². The molecule has 0 radical (unpaired) electrons. The number of pyridine rings is 1. The molecule has 0 N–H and O–H groups in total. The lowest BCUT2D eigenvalue weighted by molar-refractivity contribution is 0.115. The first-order valence-corrected chi connectivity index (χ1v) is 5.15. The first-order chi connectivity index (χ1) is 6.43. The number of nitrogens with zero attached hydrogens (tertiary/aromatic N) is 1. The highest BCUT2D eigenvalue weighted by atomic mass is 32.1. The summed E-state index contributed by atoms with van der Waals surface area (Å²) >= 11 is 4.12. The highest BCUT2D eigenvalue weighted by Gasteiger charge is 1.92. The number of rotatable bonds is 6. The number of ether oxygens (including phenoxy) is 1. The van der Waals surface area contributed by atoms with E-state index in [4.69, 9.17) is 4.74 Å². The Balaban J connectivity index is 2.07. The van der Waals surface area contributed by atoms with E-state index in [9.17, 15) is 0 Å². The van der Waals surface area contributed by atoms with Gasteiger partial charge in [-0.15, -0.1) is 0 Å². The van der Waals surface area contributed by atoms with Gasteiger partial charge in [-0.05, 0) is 30.7 Å². The van der Waals surface area contributed by atoms with Crippen molar-refractivity contribution in [3.8, 4) is 0 Å². The van der Waals surface area contributed by atoms with Gasteiger partial charge < -0.3 is 4.74 Å². The van der Waals surface area contributed by atoms with Gasteiger partial charge in [-0.25, -0.2) is 0 Å². The molecule has 72 valence electrons. The van der Waals surface area contributed by atoms with Gasteiger partial charge in [0.15, 0.2) is 0 Å². The third-order valence-electron chi connectivity index (χ3n) is 1.67. The van der Waals surface area contributed by atoms with Gasteiger partial charge in [0.05, 0.1) is 12.3 Å². The quantitative estimate of drug-likeness (QED) is 0.558. The minimum atomic E-state index is 0.618. The number of hydrogen-bond acceptors (Lipinski definition) is 3. The molecule has 1 rings (SSSR count). The summed E-state index contributed by atoms with van der Waals surface area (Å²) in [6.07, 6.45) is 3.98. The highest BCUT2D eigenvalue weighted by molar-refractivity contribution is 7.80. The molecule has 1 heterocycles. The largest absolute Gasteiger partial charge is 0.375 e. The fraction of sp³-hybridized carbons (Fsp3) is 0.500. The van der Waals surface area contributed by atoms with Crippen molar-refractivity contribution in [1.82, 2.24) is 4.98 Å². The summed E-state index contributed by atoms with van der Waals surface area (Å²) in [4.78, 5) is 4.16. The fourth-order valence-electron chi connectivity index (χ4n) is 0.976. The average molecular weight is 197 g/mol. The second-order valence-electron chi connectivity index (χ2n) is 2.80. The van der Waals surface area contributed by atoms with Gasteiger partial charge in [0, 0.05) is 12.8 Å². The average Bonchev–Trinajstić information content (AvgIpc) is 2.19. The molecule has 0 aliphatic rings. The summed E-state index contributed by atoms with van der Waals surface area (Å²) in [5.74, 6) is 0.937. The van der Waals surface area contributed by atoms with Gasteiger partial charge in [0.1, 0.15) is 0 Å². The Labute approximate surface area is 84.7 Å². The van der Waals surface area contributed by atoms with Crippen LogP contribution in [0.5, 0.6) is 0 Å². The van der Waals surface area contributed by atoms with Gasteiger partial charge >= 0.3 is 0 Å².